The molecule has 154 valence electrons. The van der Waals surface area contributed by atoms with Crippen LogP contribution in [0, 0.1) is 17.2 Å². The molecular weight excluding hydrogens is 414 g/mol. The monoisotopic (exact) mass is 435 g/mol. The van der Waals surface area contributed by atoms with E-state index in [1.807, 2.05) is 0 Å². The number of para-hydroxylation sites is 2. The molecule has 7 nitrogen and oxygen atoms in total. The van der Waals surface area contributed by atoms with E-state index < -0.39 is 10.0 Å². The van der Waals surface area contributed by atoms with Gasteiger partial charge in [-0.05, 0) is 44.2 Å². The second-order valence-corrected chi connectivity index (χ2v) is 8.38. The minimum absolute atomic E-state index is 0.0163. The topological polar surface area (TPSA) is 99.5 Å². The lowest BCUT2D eigenvalue weighted by atomic mass is 10.1. The van der Waals surface area contributed by atoms with Crippen LogP contribution in [0.25, 0.3) is 0 Å². The number of carbonyl (C=O) groups is 1. The molecule has 1 unspecified atom stereocenters. The highest BCUT2D eigenvalue weighted by Crippen LogP contribution is 2.29. The number of amides is 1. The van der Waals surface area contributed by atoms with Crippen molar-refractivity contribution in [3.8, 4) is 11.8 Å². The quantitative estimate of drug-likeness (QED) is 0.680. The predicted molar refractivity (Wildman–Crippen MR) is 112 cm³/mol. The molecule has 29 heavy (non-hydrogen) atoms. The van der Waals surface area contributed by atoms with Crippen LogP contribution in [0.5, 0.6) is 5.75 Å². The first-order valence-electron chi connectivity index (χ1n) is 8.87. The van der Waals surface area contributed by atoms with Gasteiger partial charge in [0.05, 0.1) is 29.8 Å². The number of nitrogens with zero attached hydrogens (tertiary/aromatic N) is 2. The Morgan fingerprint density at radius 1 is 1.31 bits per heavy atom. The molecule has 2 aromatic rings. The summed E-state index contributed by atoms with van der Waals surface area (Å²) >= 11 is 6.13. The van der Waals surface area contributed by atoms with Crippen molar-refractivity contribution < 1.29 is 17.9 Å². The number of carbonyl (C=O) groups excluding carboxylic acids is 1. The van der Waals surface area contributed by atoms with Gasteiger partial charge in [-0.2, -0.15) is 5.26 Å². The largest absolute Gasteiger partial charge is 0.495 e. The molecule has 2 aromatic carbocycles. The normalized spacial score (nSPS) is 12.0. The molecule has 0 heterocycles. The molecule has 0 fully saturated rings. The number of anilines is 1. The van der Waals surface area contributed by atoms with Crippen LogP contribution in [0.1, 0.15) is 24.2 Å². The number of ether oxygens (including phenoxy) is 1. The van der Waals surface area contributed by atoms with Gasteiger partial charge in [-0.1, -0.05) is 23.7 Å². The summed E-state index contributed by atoms with van der Waals surface area (Å²) in [6.45, 7) is 4.13. The number of sulfonamides is 1. The third-order valence-electron chi connectivity index (χ3n) is 4.20. The molecule has 0 spiro atoms. The van der Waals surface area contributed by atoms with Gasteiger partial charge in [-0.25, -0.2) is 8.42 Å². The van der Waals surface area contributed by atoms with Crippen LogP contribution < -0.4 is 9.46 Å². The molecule has 1 amide bonds. The summed E-state index contributed by atoms with van der Waals surface area (Å²) in [6, 6.07) is 12.7. The molecule has 0 saturated heterocycles. The molecule has 0 aromatic heterocycles. The van der Waals surface area contributed by atoms with Crippen molar-refractivity contribution in [3.05, 3.63) is 53.1 Å². The highest BCUT2D eigenvalue weighted by Gasteiger charge is 2.23. The van der Waals surface area contributed by atoms with Crippen molar-refractivity contribution >= 4 is 33.2 Å². The second kappa shape index (κ2) is 9.63. The lowest BCUT2D eigenvalue weighted by Gasteiger charge is -2.22. The van der Waals surface area contributed by atoms with E-state index in [1.165, 1.54) is 30.2 Å². The molecule has 0 bridgehead atoms. The summed E-state index contributed by atoms with van der Waals surface area (Å²) in [6.07, 6.45) is 0. The smallest absolute Gasteiger partial charge is 0.263 e. The number of rotatable bonds is 8. The zero-order chi connectivity index (χ0) is 21.6. The zero-order valence-electron chi connectivity index (χ0n) is 16.3. The zero-order valence-corrected chi connectivity index (χ0v) is 17.9. The SMILES string of the molecule is CCN(CC(C)C#N)C(=O)c1ccc(Cl)c(S(=O)(=O)Nc2ccccc2OC)c1. The number of hydrogen-bond acceptors (Lipinski definition) is 5. The second-order valence-electron chi connectivity index (χ2n) is 6.32. The standard InChI is InChI=1S/C20H22ClN3O4S/c1-4-24(13-14(2)12-22)20(25)15-9-10-16(21)19(11-15)29(26,27)23-17-7-5-6-8-18(17)28-3/h5-11,14,23H,4,13H2,1-3H3. The fourth-order valence-electron chi connectivity index (χ4n) is 2.68. The fraction of sp³-hybridized carbons (Fsp3) is 0.300. The Labute approximate surface area is 175 Å². The number of methoxy groups -OCH3 is 1. The van der Waals surface area contributed by atoms with Crippen molar-refractivity contribution in [1.29, 1.82) is 5.26 Å². The molecule has 1 atom stereocenters. The van der Waals surface area contributed by atoms with E-state index in [2.05, 4.69) is 10.8 Å². The highest BCUT2D eigenvalue weighted by atomic mass is 35.5. The van der Waals surface area contributed by atoms with E-state index in [0.29, 0.717) is 12.3 Å². The van der Waals surface area contributed by atoms with Crippen molar-refractivity contribution in [2.24, 2.45) is 5.92 Å². The first-order chi connectivity index (χ1) is 13.7. The maximum Gasteiger partial charge on any atom is 0.263 e. The maximum atomic E-state index is 12.9. The predicted octanol–water partition coefficient (Wildman–Crippen LogP) is 3.77. The molecule has 0 aliphatic carbocycles. The molecule has 0 saturated carbocycles. The van der Waals surface area contributed by atoms with Gasteiger partial charge in [0.25, 0.3) is 15.9 Å². The van der Waals surface area contributed by atoms with Crippen LogP contribution in [0.15, 0.2) is 47.4 Å². The first kappa shape index (κ1) is 22.5. The third-order valence-corrected chi connectivity index (χ3v) is 6.05. The molecule has 2 rings (SSSR count). The number of nitrogens with one attached hydrogen (secondary N) is 1. The summed E-state index contributed by atoms with van der Waals surface area (Å²) in [7, 11) is -2.65. The molecule has 9 heteroatoms. The summed E-state index contributed by atoms with van der Waals surface area (Å²) < 4.78 is 33.4. The van der Waals surface area contributed by atoms with E-state index in [1.54, 1.807) is 38.1 Å². The third kappa shape index (κ3) is 5.40. The molecule has 1 N–H and O–H groups in total. The van der Waals surface area contributed by atoms with Gasteiger partial charge >= 0.3 is 0 Å². The molecular formula is C20H22ClN3O4S. The average molecular weight is 436 g/mol. The molecule has 0 aliphatic rings. The minimum atomic E-state index is -4.08. The van der Waals surface area contributed by atoms with Gasteiger partial charge in [0.15, 0.2) is 0 Å². The van der Waals surface area contributed by atoms with E-state index in [9.17, 15) is 13.2 Å². The Morgan fingerprint density at radius 2 is 2.00 bits per heavy atom. The summed E-state index contributed by atoms with van der Waals surface area (Å²) in [5, 5.41) is 8.98. The van der Waals surface area contributed by atoms with Crippen LogP contribution in [0.4, 0.5) is 5.69 Å². The maximum absolute atomic E-state index is 12.9. The number of hydrogen-bond donors (Lipinski definition) is 1. The summed E-state index contributed by atoms with van der Waals surface area (Å²) in [5.41, 5.74) is 0.419. The minimum Gasteiger partial charge on any atom is -0.495 e. The Balaban J connectivity index is 2.39. The van der Waals surface area contributed by atoms with E-state index >= 15 is 0 Å². The van der Waals surface area contributed by atoms with Gasteiger partial charge in [0, 0.05) is 18.7 Å². The van der Waals surface area contributed by atoms with Gasteiger partial charge < -0.3 is 9.64 Å². The van der Waals surface area contributed by atoms with Gasteiger partial charge in [-0.3, -0.25) is 9.52 Å². The fourth-order valence-corrected chi connectivity index (χ4v) is 4.28. The first-order valence-corrected chi connectivity index (χ1v) is 10.7. The Hall–Kier alpha value is -2.76. The van der Waals surface area contributed by atoms with Crippen LogP contribution in [0.2, 0.25) is 5.02 Å². The van der Waals surface area contributed by atoms with Crippen LogP contribution >= 0.6 is 11.6 Å². The van der Waals surface area contributed by atoms with Crippen LogP contribution in [-0.2, 0) is 10.0 Å². The van der Waals surface area contributed by atoms with Crippen molar-refractivity contribution in [2.45, 2.75) is 18.7 Å². The summed E-state index contributed by atoms with van der Waals surface area (Å²) in [5.74, 6) is -0.372. The lowest BCUT2D eigenvalue weighted by molar-refractivity contribution is 0.0752. The van der Waals surface area contributed by atoms with E-state index in [0.717, 1.165) is 0 Å². The Bertz CT molecular complexity index is 1030. The van der Waals surface area contributed by atoms with Crippen molar-refractivity contribution in [3.63, 3.8) is 0 Å². The Kier molecular flexibility index (Phi) is 7.48. The molecule has 0 radical (unpaired) electrons. The van der Waals surface area contributed by atoms with Gasteiger partial charge in [0.1, 0.15) is 10.6 Å². The van der Waals surface area contributed by atoms with Gasteiger partial charge in [0.2, 0.25) is 0 Å². The lowest BCUT2D eigenvalue weighted by Crippen LogP contribution is -2.34. The number of nitriles is 1. The van der Waals surface area contributed by atoms with Crippen LogP contribution in [-0.4, -0.2) is 39.4 Å². The Morgan fingerprint density at radius 3 is 2.62 bits per heavy atom. The van der Waals surface area contributed by atoms with Crippen molar-refractivity contribution in [2.75, 3.05) is 24.9 Å². The van der Waals surface area contributed by atoms with Gasteiger partial charge in [-0.15, -0.1) is 0 Å². The number of benzene rings is 2. The van der Waals surface area contributed by atoms with Crippen LogP contribution in [0.3, 0.4) is 0 Å². The van der Waals surface area contributed by atoms with E-state index in [4.69, 9.17) is 21.6 Å². The van der Waals surface area contributed by atoms with Crippen molar-refractivity contribution in [1.82, 2.24) is 4.90 Å². The number of halogens is 1. The summed E-state index contributed by atoms with van der Waals surface area (Å²) in [4.78, 5) is 14.1. The molecule has 0 aliphatic heterocycles. The average Bonchev–Trinajstić information content (AvgIpc) is 2.71. The highest BCUT2D eigenvalue weighted by molar-refractivity contribution is 7.92. The van der Waals surface area contributed by atoms with E-state index in [-0.39, 0.29) is 39.5 Å².